The van der Waals surface area contributed by atoms with E-state index in [1.807, 2.05) is 0 Å². The molecule has 0 unspecified atom stereocenters. The van der Waals surface area contributed by atoms with E-state index >= 15 is 0 Å². The maximum Gasteiger partial charge on any atom is 0.410 e. The van der Waals surface area contributed by atoms with E-state index in [-0.39, 0.29) is 19.6 Å². The molecule has 1 aliphatic rings. The lowest BCUT2D eigenvalue weighted by atomic mass is 9.97. The van der Waals surface area contributed by atoms with Crippen molar-refractivity contribution in [2.75, 3.05) is 19.7 Å². The fourth-order valence-electron chi connectivity index (χ4n) is 1.67. The molecule has 1 saturated heterocycles. The van der Waals surface area contributed by atoms with Crippen LogP contribution in [-0.2, 0) is 4.74 Å². The Hall–Kier alpha value is -0.840. The number of aliphatic hydroxyl groups is 1. The SMILES string of the molecule is CC(C)(C)OC(=O)N1CC[C@H](F)[C@H](CO)C1. The number of alkyl halides is 1. The Morgan fingerprint density at radius 1 is 1.56 bits per heavy atom. The molecule has 0 radical (unpaired) electrons. The van der Waals surface area contributed by atoms with E-state index in [4.69, 9.17) is 9.84 Å². The Kier molecular flexibility index (Phi) is 4.13. The topological polar surface area (TPSA) is 49.8 Å². The second kappa shape index (κ2) is 4.99. The molecular formula is C11H20FNO3. The number of rotatable bonds is 1. The summed E-state index contributed by atoms with van der Waals surface area (Å²) in [4.78, 5) is 13.1. The van der Waals surface area contributed by atoms with Gasteiger partial charge < -0.3 is 14.7 Å². The normalized spacial score (nSPS) is 26.7. The summed E-state index contributed by atoms with van der Waals surface area (Å²) in [7, 11) is 0. The molecule has 94 valence electrons. The highest BCUT2D eigenvalue weighted by molar-refractivity contribution is 5.68. The minimum Gasteiger partial charge on any atom is -0.444 e. The Morgan fingerprint density at radius 2 is 2.19 bits per heavy atom. The molecule has 0 aromatic heterocycles. The molecule has 1 amide bonds. The lowest BCUT2D eigenvalue weighted by Gasteiger charge is -2.35. The zero-order valence-electron chi connectivity index (χ0n) is 10.1. The summed E-state index contributed by atoms with van der Waals surface area (Å²) in [6.07, 6.45) is -1.19. The molecule has 16 heavy (non-hydrogen) atoms. The van der Waals surface area contributed by atoms with Crippen LogP contribution < -0.4 is 0 Å². The fraction of sp³-hybridized carbons (Fsp3) is 0.909. The average Bonchev–Trinajstić information content (AvgIpc) is 2.15. The molecule has 0 saturated carbocycles. The predicted molar refractivity (Wildman–Crippen MR) is 57.9 cm³/mol. The number of nitrogens with zero attached hydrogens (tertiary/aromatic N) is 1. The van der Waals surface area contributed by atoms with E-state index in [1.54, 1.807) is 20.8 Å². The van der Waals surface area contributed by atoms with Crippen LogP contribution in [0.2, 0.25) is 0 Å². The van der Waals surface area contributed by atoms with E-state index in [0.717, 1.165) is 0 Å². The van der Waals surface area contributed by atoms with Crippen molar-refractivity contribution in [3.63, 3.8) is 0 Å². The lowest BCUT2D eigenvalue weighted by molar-refractivity contribution is -0.000695. The number of carbonyl (C=O) groups excluding carboxylic acids is 1. The summed E-state index contributed by atoms with van der Waals surface area (Å²) in [5, 5.41) is 8.97. The number of ether oxygens (including phenoxy) is 1. The largest absolute Gasteiger partial charge is 0.444 e. The van der Waals surface area contributed by atoms with E-state index in [0.29, 0.717) is 6.54 Å². The van der Waals surface area contributed by atoms with Gasteiger partial charge in [-0.25, -0.2) is 9.18 Å². The third kappa shape index (κ3) is 3.63. The summed E-state index contributed by atoms with van der Waals surface area (Å²) in [5.74, 6) is -0.485. The zero-order chi connectivity index (χ0) is 12.3. The van der Waals surface area contributed by atoms with Crippen LogP contribution in [0.3, 0.4) is 0 Å². The van der Waals surface area contributed by atoms with Crippen molar-refractivity contribution in [2.24, 2.45) is 5.92 Å². The van der Waals surface area contributed by atoms with Crippen LogP contribution in [-0.4, -0.2) is 47.6 Å². The van der Waals surface area contributed by atoms with Gasteiger partial charge in [0.2, 0.25) is 0 Å². The van der Waals surface area contributed by atoms with Crippen molar-refractivity contribution >= 4 is 6.09 Å². The van der Waals surface area contributed by atoms with Crippen LogP contribution in [0.15, 0.2) is 0 Å². The molecule has 4 nitrogen and oxygen atoms in total. The number of hydrogen-bond acceptors (Lipinski definition) is 3. The smallest absolute Gasteiger partial charge is 0.410 e. The predicted octanol–water partition coefficient (Wildman–Crippen LogP) is 1.57. The first-order chi connectivity index (χ1) is 7.33. The first-order valence-electron chi connectivity index (χ1n) is 5.56. The molecule has 1 N–H and O–H groups in total. The van der Waals surface area contributed by atoms with Crippen LogP contribution in [0.4, 0.5) is 9.18 Å². The van der Waals surface area contributed by atoms with Crippen molar-refractivity contribution in [2.45, 2.75) is 39.0 Å². The number of amides is 1. The Balaban J connectivity index is 2.52. The van der Waals surface area contributed by atoms with Gasteiger partial charge in [-0.1, -0.05) is 0 Å². The maximum atomic E-state index is 13.3. The van der Waals surface area contributed by atoms with Gasteiger partial charge in [-0.3, -0.25) is 0 Å². The number of piperidine rings is 1. The first kappa shape index (κ1) is 13.2. The highest BCUT2D eigenvalue weighted by Gasteiger charge is 2.32. The third-order valence-electron chi connectivity index (χ3n) is 2.53. The Labute approximate surface area is 95.4 Å². The standard InChI is InChI=1S/C11H20FNO3/c1-11(2,3)16-10(15)13-5-4-9(12)8(6-13)7-14/h8-9,14H,4-7H2,1-3H3/t8-,9-/m0/s1. The van der Waals surface area contributed by atoms with Crippen LogP contribution in [0, 0.1) is 5.92 Å². The van der Waals surface area contributed by atoms with Gasteiger partial charge in [0.1, 0.15) is 11.8 Å². The maximum absolute atomic E-state index is 13.3. The fourth-order valence-corrected chi connectivity index (χ4v) is 1.67. The molecule has 0 aliphatic carbocycles. The van der Waals surface area contributed by atoms with E-state index < -0.39 is 23.8 Å². The number of likely N-dealkylation sites (tertiary alicyclic amines) is 1. The summed E-state index contributed by atoms with van der Waals surface area (Å²) in [6, 6.07) is 0. The third-order valence-corrected chi connectivity index (χ3v) is 2.53. The first-order valence-corrected chi connectivity index (χ1v) is 5.56. The van der Waals surface area contributed by atoms with Gasteiger partial charge in [0, 0.05) is 19.0 Å². The molecule has 1 aliphatic heterocycles. The highest BCUT2D eigenvalue weighted by Crippen LogP contribution is 2.21. The summed E-state index contributed by atoms with van der Waals surface area (Å²) in [6.45, 7) is 5.71. The van der Waals surface area contributed by atoms with Crippen LogP contribution in [0.1, 0.15) is 27.2 Å². The monoisotopic (exact) mass is 233 g/mol. The van der Waals surface area contributed by atoms with E-state index in [9.17, 15) is 9.18 Å². The minimum atomic E-state index is -1.02. The van der Waals surface area contributed by atoms with Crippen molar-refractivity contribution in [3.05, 3.63) is 0 Å². The van der Waals surface area contributed by atoms with Gasteiger partial charge in [-0.2, -0.15) is 0 Å². The molecule has 1 heterocycles. The van der Waals surface area contributed by atoms with E-state index in [2.05, 4.69) is 0 Å². The lowest BCUT2D eigenvalue weighted by Crippen LogP contribution is -2.47. The van der Waals surface area contributed by atoms with E-state index in [1.165, 1.54) is 4.90 Å². The van der Waals surface area contributed by atoms with Gasteiger partial charge in [0.15, 0.2) is 0 Å². The summed E-state index contributed by atoms with van der Waals surface area (Å²) in [5.41, 5.74) is -0.543. The molecule has 0 bridgehead atoms. The van der Waals surface area contributed by atoms with Crippen molar-refractivity contribution in [1.29, 1.82) is 0 Å². The number of hydrogen-bond donors (Lipinski definition) is 1. The minimum absolute atomic E-state index is 0.229. The van der Waals surface area contributed by atoms with Gasteiger partial charge in [0.25, 0.3) is 0 Å². The molecule has 2 atom stereocenters. The quantitative estimate of drug-likeness (QED) is 0.748. The van der Waals surface area contributed by atoms with Crippen molar-refractivity contribution in [1.82, 2.24) is 4.90 Å². The summed E-state index contributed by atoms with van der Waals surface area (Å²) < 4.78 is 18.5. The number of aliphatic hydroxyl groups excluding tert-OH is 1. The molecule has 0 aromatic carbocycles. The van der Waals surface area contributed by atoms with Gasteiger partial charge in [0.05, 0.1) is 6.61 Å². The molecule has 1 fully saturated rings. The molecule has 0 spiro atoms. The van der Waals surface area contributed by atoms with Crippen LogP contribution >= 0.6 is 0 Å². The van der Waals surface area contributed by atoms with Crippen molar-refractivity contribution in [3.8, 4) is 0 Å². The summed E-state index contributed by atoms with van der Waals surface area (Å²) >= 11 is 0. The Bertz CT molecular complexity index is 252. The van der Waals surface area contributed by atoms with Gasteiger partial charge >= 0.3 is 6.09 Å². The zero-order valence-corrected chi connectivity index (χ0v) is 10.1. The molecule has 0 aromatic rings. The average molecular weight is 233 g/mol. The second-order valence-electron chi connectivity index (χ2n) is 5.17. The van der Waals surface area contributed by atoms with Gasteiger partial charge in [-0.05, 0) is 27.2 Å². The molecular weight excluding hydrogens is 213 g/mol. The van der Waals surface area contributed by atoms with Crippen LogP contribution in [0.25, 0.3) is 0 Å². The number of halogens is 1. The highest BCUT2D eigenvalue weighted by atomic mass is 19.1. The second-order valence-corrected chi connectivity index (χ2v) is 5.17. The molecule has 5 heteroatoms. The van der Waals surface area contributed by atoms with Gasteiger partial charge in [-0.15, -0.1) is 0 Å². The van der Waals surface area contributed by atoms with Crippen molar-refractivity contribution < 1.29 is 19.0 Å². The Morgan fingerprint density at radius 3 is 2.69 bits per heavy atom. The number of carbonyl (C=O) groups is 1. The molecule has 1 rings (SSSR count). The van der Waals surface area contributed by atoms with Crippen LogP contribution in [0.5, 0.6) is 0 Å².